The van der Waals surface area contributed by atoms with Crippen molar-refractivity contribution in [1.82, 2.24) is 24.6 Å². The van der Waals surface area contributed by atoms with E-state index in [0.717, 1.165) is 97.6 Å². The Bertz CT molecular complexity index is 1930. The normalized spacial score (nSPS) is 23.5. The summed E-state index contributed by atoms with van der Waals surface area (Å²) in [6, 6.07) is 7.00. The molecule has 2 aromatic carbocycles. The number of hydrogen-bond acceptors (Lipinski definition) is 9. The van der Waals surface area contributed by atoms with Gasteiger partial charge in [-0.15, -0.1) is 0 Å². The number of nitrogens with zero attached hydrogens (tertiary/aromatic N) is 7. The number of rotatable bonds is 6. The number of phenolic OH excluding ortho intramolecular Hbond substituents is 1. The number of hydrogen-bond donors (Lipinski definition) is 2. The lowest BCUT2D eigenvalue weighted by Gasteiger charge is -2.35. The zero-order valence-corrected chi connectivity index (χ0v) is 28.1. The van der Waals surface area contributed by atoms with E-state index < -0.39 is 6.17 Å². The smallest absolute Gasteiger partial charge is 0.318 e. The number of aromatic nitrogens is 4. The third-order valence-electron chi connectivity index (χ3n) is 11.6. The summed E-state index contributed by atoms with van der Waals surface area (Å²) in [6.07, 6.45) is 5.87. The van der Waals surface area contributed by atoms with Crippen LogP contribution in [0.3, 0.4) is 0 Å². The van der Waals surface area contributed by atoms with Crippen LogP contribution in [0.5, 0.6) is 11.8 Å². The number of aryl methyl sites for hydroxylation is 2. The molecular formula is C37H44F2N8O2. The second-order valence-electron chi connectivity index (χ2n) is 14.5. The number of phenols is 1. The van der Waals surface area contributed by atoms with Crippen molar-refractivity contribution in [3.05, 3.63) is 58.2 Å². The first kappa shape index (κ1) is 30.8. The van der Waals surface area contributed by atoms with Gasteiger partial charge < -0.3 is 25.0 Å². The topological polar surface area (TPSA) is 94.8 Å². The summed E-state index contributed by atoms with van der Waals surface area (Å²) in [5.74, 6) is 1.82. The first-order chi connectivity index (χ1) is 23.9. The van der Waals surface area contributed by atoms with Gasteiger partial charge >= 0.3 is 6.01 Å². The number of anilines is 3. The molecule has 9 rings (SSSR count). The molecule has 10 nitrogen and oxygen atoms in total. The molecule has 12 heteroatoms. The number of halogens is 2. The Kier molecular flexibility index (Phi) is 7.55. The lowest BCUT2D eigenvalue weighted by Crippen LogP contribution is -2.43. The molecule has 7 heterocycles. The summed E-state index contributed by atoms with van der Waals surface area (Å²) in [5, 5.41) is 20.8. The van der Waals surface area contributed by atoms with Crippen LogP contribution >= 0.6 is 0 Å². The second-order valence-corrected chi connectivity index (χ2v) is 14.5. The van der Waals surface area contributed by atoms with E-state index in [1.807, 2.05) is 6.92 Å². The SMILES string of the molecule is CCc1c(F)ccc2cc(O)cc(N3CCc4c(nc(OC[C@@]56CCCN5C[C@H](F)C6)nc4N4CCCn5nc6c(c5C4)CCCN6)C3)c12. The van der Waals surface area contributed by atoms with Crippen molar-refractivity contribution in [2.45, 2.75) is 89.6 Å². The standard InChI is InChI=1S/C37H44F2N8O2/c1-2-26-29(39)8-7-23-16-25(48)17-31(33(23)26)44-15-9-27-30(20-44)41-36(49-22-37-10-4-13-46(37)19-24(38)18-37)42-35(27)45-12-5-14-47-32(21-45)28-6-3-11-40-34(28)43-47/h7-8,16-17,24,48H,2-6,9-15,18-22H2,1H3,(H,40,43)/t24-,37+/m1/s1. The predicted molar refractivity (Wildman–Crippen MR) is 185 cm³/mol. The average Bonchev–Trinajstić information content (AvgIpc) is 3.70. The van der Waals surface area contributed by atoms with Gasteiger partial charge in [0, 0.05) is 67.4 Å². The maximum Gasteiger partial charge on any atom is 0.318 e. The molecule has 5 aliphatic rings. The highest BCUT2D eigenvalue weighted by atomic mass is 19.1. The Morgan fingerprint density at radius 1 is 1.02 bits per heavy atom. The van der Waals surface area contributed by atoms with Crippen molar-refractivity contribution in [3.63, 3.8) is 0 Å². The third kappa shape index (κ3) is 5.25. The van der Waals surface area contributed by atoms with Gasteiger partial charge in [0.1, 0.15) is 30.2 Å². The Labute approximate surface area is 285 Å². The summed E-state index contributed by atoms with van der Waals surface area (Å²) >= 11 is 0. The molecule has 0 amide bonds. The fraction of sp³-hybridized carbons (Fsp3) is 0.541. The van der Waals surface area contributed by atoms with Crippen LogP contribution in [0.25, 0.3) is 10.8 Å². The van der Waals surface area contributed by atoms with E-state index in [1.54, 1.807) is 18.2 Å². The van der Waals surface area contributed by atoms with Crippen molar-refractivity contribution in [2.75, 3.05) is 54.4 Å². The summed E-state index contributed by atoms with van der Waals surface area (Å²) in [6.45, 7) is 8.16. The maximum absolute atomic E-state index is 15.1. The van der Waals surface area contributed by atoms with Crippen LogP contribution in [-0.4, -0.2) is 80.8 Å². The quantitative estimate of drug-likeness (QED) is 0.275. The lowest BCUT2D eigenvalue weighted by atomic mass is 9.95. The van der Waals surface area contributed by atoms with E-state index in [-0.39, 0.29) is 17.1 Å². The molecule has 2 aromatic heterocycles. The van der Waals surface area contributed by atoms with Crippen LogP contribution in [-0.2, 0) is 38.9 Å². The van der Waals surface area contributed by atoms with E-state index in [9.17, 15) is 9.50 Å². The van der Waals surface area contributed by atoms with Crippen LogP contribution in [0.15, 0.2) is 24.3 Å². The Hall–Kier alpha value is -4.19. The number of aromatic hydroxyl groups is 1. The first-order valence-corrected chi connectivity index (χ1v) is 18.1. The van der Waals surface area contributed by atoms with Crippen molar-refractivity contribution < 1.29 is 18.6 Å². The molecule has 258 valence electrons. The monoisotopic (exact) mass is 670 g/mol. The number of fused-ring (bicyclic) bond motifs is 6. The van der Waals surface area contributed by atoms with Crippen molar-refractivity contribution in [2.24, 2.45) is 0 Å². The molecule has 0 saturated carbocycles. The molecule has 0 radical (unpaired) electrons. The summed E-state index contributed by atoms with van der Waals surface area (Å²) < 4.78 is 38.4. The van der Waals surface area contributed by atoms with Crippen LogP contribution in [0.1, 0.15) is 67.1 Å². The highest BCUT2D eigenvalue weighted by Gasteiger charge is 2.49. The largest absolute Gasteiger partial charge is 0.508 e. The van der Waals surface area contributed by atoms with E-state index in [2.05, 4.69) is 24.7 Å². The van der Waals surface area contributed by atoms with Crippen LogP contribution in [0.4, 0.5) is 26.1 Å². The van der Waals surface area contributed by atoms with E-state index in [4.69, 9.17) is 19.8 Å². The van der Waals surface area contributed by atoms with Gasteiger partial charge in [0.15, 0.2) is 5.82 Å². The molecule has 5 aliphatic heterocycles. The Balaban J connectivity index is 1.10. The van der Waals surface area contributed by atoms with Gasteiger partial charge in [-0.3, -0.25) is 9.58 Å². The molecule has 49 heavy (non-hydrogen) atoms. The summed E-state index contributed by atoms with van der Waals surface area (Å²) in [4.78, 5) is 17.0. The van der Waals surface area contributed by atoms with Gasteiger partial charge in [0.05, 0.1) is 30.0 Å². The summed E-state index contributed by atoms with van der Waals surface area (Å²) in [5.41, 5.74) is 5.65. The van der Waals surface area contributed by atoms with Crippen molar-refractivity contribution in [1.29, 1.82) is 0 Å². The highest BCUT2D eigenvalue weighted by molar-refractivity contribution is 5.98. The van der Waals surface area contributed by atoms with Crippen molar-refractivity contribution >= 4 is 28.1 Å². The fourth-order valence-electron chi connectivity index (χ4n) is 9.26. The third-order valence-corrected chi connectivity index (χ3v) is 11.6. The van der Waals surface area contributed by atoms with E-state index in [1.165, 1.54) is 17.3 Å². The van der Waals surface area contributed by atoms with Gasteiger partial charge in [0.25, 0.3) is 0 Å². The second kappa shape index (κ2) is 12.0. The predicted octanol–water partition coefficient (Wildman–Crippen LogP) is 5.52. The summed E-state index contributed by atoms with van der Waals surface area (Å²) in [7, 11) is 0. The van der Waals surface area contributed by atoms with Gasteiger partial charge in [-0.2, -0.15) is 15.1 Å². The Morgan fingerprint density at radius 3 is 2.84 bits per heavy atom. The zero-order valence-electron chi connectivity index (χ0n) is 28.1. The Morgan fingerprint density at radius 2 is 1.94 bits per heavy atom. The molecule has 2 saturated heterocycles. The van der Waals surface area contributed by atoms with Gasteiger partial charge in [-0.1, -0.05) is 13.0 Å². The van der Waals surface area contributed by atoms with Crippen LogP contribution in [0.2, 0.25) is 0 Å². The molecule has 0 unspecified atom stereocenters. The van der Waals surface area contributed by atoms with Crippen LogP contribution < -0.4 is 19.9 Å². The number of alkyl halides is 1. The molecule has 2 atom stereocenters. The van der Waals surface area contributed by atoms with E-state index in [0.29, 0.717) is 63.6 Å². The molecule has 0 bridgehead atoms. The minimum absolute atomic E-state index is 0.150. The minimum atomic E-state index is -0.838. The van der Waals surface area contributed by atoms with Gasteiger partial charge in [-0.25, -0.2) is 8.78 Å². The molecule has 0 aliphatic carbocycles. The van der Waals surface area contributed by atoms with Gasteiger partial charge in [0.2, 0.25) is 0 Å². The molecule has 0 spiro atoms. The van der Waals surface area contributed by atoms with Gasteiger partial charge in [-0.05, 0) is 74.6 Å². The molecule has 2 N–H and O–H groups in total. The fourth-order valence-corrected chi connectivity index (χ4v) is 9.26. The molecule has 2 fully saturated rings. The highest BCUT2D eigenvalue weighted by Crippen LogP contribution is 2.42. The molecule has 4 aromatic rings. The first-order valence-electron chi connectivity index (χ1n) is 18.1. The molecular weight excluding hydrogens is 626 g/mol. The van der Waals surface area contributed by atoms with Crippen LogP contribution in [0, 0.1) is 5.82 Å². The zero-order chi connectivity index (χ0) is 33.3. The number of ether oxygens (including phenoxy) is 1. The number of benzene rings is 2. The average molecular weight is 671 g/mol. The number of nitrogens with one attached hydrogen (secondary N) is 1. The van der Waals surface area contributed by atoms with Crippen molar-refractivity contribution in [3.8, 4) is 11.8 Å². The van der Waals surface area contributed by atoms with E-state index >= 15 is 4.39 Å². The lowest BCUT2D eigenvalue weighted by molar-refractivity contribution is 0.107. The maximum atomic E-state index is 15.1. The minimum Gasteiger partial charge on any atom is -0.508 e.